The summed E-state index contributed by atoms with van der Waals surface area (Å²) in [4.78, 5) is 4.55. The van der Waals surface area contributed by atoms with Gasteiger partial charge in [0.1, 0.15) is 0 Å². The van der Waals surface area contributed by atoms with Crippen molar-refractivity contribution in [2.45, 2.75) is 32.9 Å². The van der Waals surface area contributed by atoms with E-state index in [0.717, 1.165) is 17.8 Å². The second-order valence-corrected chi connectivity index (χ2v) is 5.58. The van der Waals surface area contributed by atoms with E-state index in [2.05, 4.69) is 48.4 Å². The van der Waals surface area contributed by atoms with Crippen molar-refractivity contribution >= 4 is 22.5 Å². The number of aromatic nitrogens is 1. The topological polar surface area (TPSA) is 24.9 Å². The molecule has 18 heavy (non-hydrogen) atoms. The first-order valence-corrected chi connectivity index (χ1v) is 6.71. The molecule has 96 valence electrons. The minimum atomic E-state index is -0.0557. The maximum Gasteiger partial charge on any atom is 0.0708 e. The minimum Gasteiger partial charge on any atom is -0.307 e. The zero-order valence-corrected chi connectivity index (χ0v) is 11.9. The van der Waals surface area contributed by atoms with Crippen LogP contribution in [0.1, 0.15) is 25.1 Å². The van der Waals surface area contributed by atoms with Crippen molar-refractivity contribution in [3.05, 3.63) is 41.6 Å². The Labute approximate surface area is 113 Å². The molecule has 0 saturated carbocycles. The predicted octanol–water partition coefficient (Wildman–Crippen LogP) is 3.65. The lowest BCUT2D eigenvalue weighted by atomic mass is 10.0. The van der Waals surface area contributed by atoms with Crippen LogP contribution in [0.25, 0.3) is 10.9 Å². The summed E-state index contributed by atoms with van der Waals surface area (Å²) in [7, 11) is 0. The second kappa shape index (κ2) is 5.25. The first kappa shape index (κ1) is 13.3. The average Bonchev–Trinajstić information content (AvgIpc) is 2.36. The number of alkyl halides is 1. The highest BCUT2D eigenvalue weighted by Gasteiger charge is 2.15. The normalized spacial score (nSPS) is 12.0. The highest BCUT2D eigenvalue weighted by molar-refractivity contribution is 6.18. The molecule has 1 aromatic heterocycles. The highest BCUT2D eigenvalue weighted by atomic mass is 35.5. The molecule has 1 heterocycles. The molecule has 0 aliphatic carbocycles. The molecule has 1 N–H and O–H groups in total. The van der Waals surface area contributed by atoms with Crippen LogP contribution in [0.15, 0.2) is 30.3 Å². The lowest BCUT2D eigenvalue weighted by Gasteiger charge is -2.24. The molecular weight excluding hydrogens is 244 g/mol. The number of rotatable bonds is 4. The van der Waals surface area contributed by atoms with E-state index in [9.17, 15) is 0 Å². The summed E-state index contributed by atoms with van der Waals surface area (Å²) in [6.07, 6.45) is 0. The number of aryl methyl sites for hydroxylation is 1. The fourth-order valence-electron chi connectivity index (χ4n) is 1.92. The number of nitrogens with one attached hydrogen (secondary N) is 1. The molecule has 0 saturated heterocycles. The monoisotopic (exact) mass is 262 g/mol. The van der Waals surface area contributed by atoms with E-state index in [1.165, 1.54) is 10.9 Å². The Morgan fingerprint density at radius 3 is 2.72 bits per heavy atom. The molecular formula is C15H19ClN2. The number of para-hydroxylation sites is 1. The first-order valence-electron chi connectivity index (χ1n) is 6.18. The second-order valence-electron chi connectivity index (χ2n) is 5.31. The van der Waals surface area contributed by atoms with Crippen LogP contribution in [0.5, 0.6) is 0 Å². The summed E-state index contributed by atoms with van der Waals surface area (Å²) in [5.41, 5.74) is 3.32. The van der Waals surface area contributed by atoms with Crippen LogP contribution in [-0.2, 0) is 6.54 Å². The van der Waals surface area contributed by atoms with Gasteiger partial charge in [-0.25, -0.2) is 0 Å². The van der Waals surface area contributed by atoms with Crippen LogP contribution in [0.3, 0.4) is 0 Å². The number of nitrogens with zero attached hydrogens (tertiary/aromatic N) is 1. The lowest BCUT2D eigenvalue weighted by molar-refractivity contribution is 0.430. The van der Waals surface area contributed by atoms with E-state index in [1.54, 1.807) is 0 Å². The van der Waals surface area contributed by atoms with Crippen LogP contribution >= 0.6 is 11.6 Å². The van der Waals surface area contributed by atoms with Crippen molar-refractivity contribution in [2.75, 3.05) is 5.88 Å². The molecule has 3 heteroatoms. The van der Waals surface area contributed by atoms with Crippen LogP contribution in [0, 0.1) is 6.92 Å². The fourth-order valence-corrected chi connectivity index (χ4v) is 2.02. The van der Waals surface area contributed by atoms with Gasteiger partial charge in [0.05, 0.1) is 5.52 Å². The average molecular weight is 263 g/mol. The van der Waals surface area contributed by atoms with E-state index in [0.29, 0.717) is 5.88 Å². The third-order valence-electron chi connectivity index (χ3n) is 3.02. The number of benzene rings is 1. The van der Waals surface area contributed by atoms with Crippen molar-refractivity contribution in [2.24, 2.45) is 0 Å². The quantitative estimate of drug-likeness (QED) is 0.851. The number of fused-ring (bicyclic) bond motifs is 1. The van der Waals surface area contributed by atoms with Gasteiger partial charge in [0.25, 0.3) is 0 Å². The summed E-state index contributed by atoms with van der Waals surface area (Å²) in [6.45, 7) is 7.05. The number of hydrogen-bond donors (Lipinski definition) is 1. The third-order valence-corrected chi connectivity index (χ3v) is 3.69. The van der Waals surface area contributed by atoms with Gasteiger partial charge in [0, 0.05) is 29.0 Å². The standard InChI is InChI=1S/C15H19ClN2/c1-11-8-12(9-17-15(2,3)10-16)13-6-4-5-7-14(13)18-11/h4-8,17H,9-10H2,1-3H3. The Kier molecular flexibility index (Phi) is 3.88. The summed E-state index contributed by atoms with van der Waals surface area (Å²) in [5.74, 6) is 0.592. The van der Waals surface area contributed by atoms with Crippen LogP contribution < -0.4 is 5.32 Å². The lowest BCUT2D eigenvalue weighted by Crippen LogP contribution is -2.40. The molecule has 1 aromatic carbocycles. The fraction of sp³-hybridized carbons (Fsp3) is 0.400. The van der Waals surface area contributed by atoms with E-state index in [1.807, 2.05) is 13.0 Å². The summed E-state index contributed by atoms with van der Waals surface area (Å²) < 4.78 is 0. The molecule has 2 nitrogen and oxygen atoms in total. The maximum atomic E-state index is 5.93. The van der Waals surface area contributed by atoms with Crippen molar-refractivity contribution in [1.29, 1.82) is 0 Å². The maximum absolute atomic E-state index is 5.93. The Morgan fingerprint density at radius 2 is 2.00 bits per heavy atom. The first-order chi connectivity index (χ1) is 8.52. The summed E-state index contributed by atoms with van der Waals surface area (Å²) >= 11 is 5.93. The summed E-state index contributed by atoms with van der Waals surface area (Å²) in [6, 6.07) is 10.4. The SMILES string of the molecule is Cc1cc(CNC(C)(C)CCl)c2ccccc2n1. The molecule has 2 rings (SSSR count). The van der Waals surface area contributed by atoms with Crippen LogP contribution in [0.4, 0.5) is 0 Å². The third kappa shape index (κ3) is 3.01. The van der Waals surface area contributed by atoms with Gasteiger partial charge in [-0.15, -0.1) is 11.6 Å². The molecule has 0 amide bonds. The minimum absolute atomic E-state index is 0.0557. The molecule has 0 spiro atoms. The van der Waals surface area contributed by atoms with Gasteiger partial charge in [0.15, 0.2) is 0 Å². The molecule has 0 aliphatic heterocycles. The van der Waals surface area contributed by atoms with Gasteiger partial charge in [-0.1, -0.05) is 18.2 Å². The number of halogens is 1. The van der Waals surface area contributed by atoms with E-state index in [-0.39, 0.29) is 5.54 Å². The van der Waals surface area contributed by atoms with Crippen molar-refractivity contribution in [3.8, 4) is 0 Å². The zero-order chi connectivity index (χ0) is 13.2. The summed E-state index contributed by atoms with van der Waals surface area (Å²) in [5, 5.41) is 4.69. The van der Waals surface area contributed by atoms with Crippen LogP contribution in [-0.4, -0.2) is 16.4 Å². The number of pyridine rings is 1. The Morgan fingerprint density at radius 1 is 1.28 bits per heavy atom. The Balaban J connectivity index is 2.33. The predicted molar refractivity (Wildman–Crippen MR) is 78.1 cm³/mol. The van der Waals surface area contributed by atoms with Crippen molar-refractivity contribution in [3.63, 3.8) is 0 Å². The molecule has 0 aliphatic rings. The van der Waals surface area contributed by atoms with Gasteiger partial charge in [0.2, 0.25) is 0 Å². The molecule has 0 radical (unpaired) electrons. The molecule has 0 fully saturated rings. The smallest absolute Gasteiger partial charge is 0.0708 e. The zero-order valence-electron chi connectivity index (χ0n) is 11.1. The van der Waals surface area contributed by atoms with E-state index < -0.39 is 0 Å². The van der Waals surface area contributed by atoms with E-state index >= 15 is 0 Å². The van der Waals surface area contributed by atoms with Crippen molar-refractivity contribution < 1.29 is 0 Å². The molecule has 2 aromatic rings. The molecule has 0 unspecified atom stereocenters. The highest BCUT2D eigenvalue weighted by Crippen LogP contribution is 2.19. The van der Waals surface area contributed by atoms with Crippen LogP contribution in [0.2, 0.25) is 0 Å². The van der Waals surface area contributed by atoms with Gasteiger partial charge in [-0.05, 0) is 38.5 Å². The molecule has 0 bridgehead atoms. The van der Waals surface area contributed by atoms with E-state index in [4.69, 9.17) is 11.6 Å². The van der Waals surface area contributed by atoms with Gasteiger partial charge in [-0.3, -0.25) is 4.98 Å². The molecule has 0 atom stereocenters. The Bertz CT molecular complexity index is 549. The number of hydrogen-bond acceptors (Lipinski definition) is 2. The Hall–Kier alpha value is -1.12. The van der Waals surface area contributed by atoms with Crippen molar-refractivity contribution in [1.82, 2.24) is 10.3 Å². The largest absolute Gasteiger partial charge is 0.307 e. The van der Waals surface area contributed by atoms with Gasteiger partial charge >= 0.3 is 0 Å². The van der Waals surface area contributed by atoms with Gasteiger partial charge < -0.3 is 5.32 Å². The van der Waals surface area contributed by atoms with Gasteiger partial charge in [-0.2, -0.15) is 0 Å².